The molecule has 1 aromatic carbocycles. The number of benzene rings is 1. The van der Waals surface area contributed by atoms with Crippen molar-refractivity contribution < 1.29 is 13.6 Å². The molecule has 4 nitrogen and oxygen atoms in total. The Morgan fingerprint density at radius 3 is 2.59 bits per heavy atom. The standard InChI is InChI=1S/C10H12Cl2NO3P/c1-2-15-17(14,16-8-10(11)12)13-9-6-4-3-5-7-9/h3-8H,2H2,1H3,(H,13,14). The van der Waals surface area contributed by atoms with Crippen molar-refractivity contribution in [2.45, 2.75) is 6.92 Å². The van der Waals surface area contributed by atoms with Crippen molar-refractivity contribution >= 4 is 36.6 Å². The van der Waals surface area contributed by atoms with E-state index in [9.17, 15) is 4.57 Å². The van der Waals surface area contributed by atoms with Crippen LogP contribution in [0.1, 0.15) is 6.92 Å². The Bertz CT molecular complexity index is 421. The number of rotatable bonds is 6. The minimum absolute atomic E-state index is 0.139. The fourth-order valence-corrected chi connectivity index (χ4v) is 2.48. The Kier molecular flexibility index (Phi) is 5.86. The van der Waals surface area contributed by atoms with Crippen LogP contribution in [0, 0.1) is 0 Å². The molecule has 0 fully saturated rings. The number of para-hydroxylation sites is 1. The van der Waals surface area contributed by atoms with E-state index in [-0.39, 0.29) is 11.1 Å². The third-order valence-corrected chi connectivity index (χ3v) is 3.31. The van der Waals surface area contributed by atoms with Gasteiger partial charge in [0.1, 0.15) is 10.8 Å². The summed E-state index contributed by atoms with van der Waals surface area (Å²) < 4.78 is 22.0. The lowest BCUT2D eigenvalue weighted by Gasteiger charge is -2.17. The van der Waals surface area contributed by atoms with Crippen LogP contribution >= 0.6 is 30.9 Å². The minimum Gasteiger partial charge on any atom is -0.414 e. The predicted molar refractivity (Wildman–Crippen MR) is 70.2 cm³/mol. The van der Waals surface area contributed by atoms with Crippen molar-refractivity contribution in [1.82, 2.24) is 0 Å². The molecule has 0 aromatic heterocycles. The summed E-state index contributed by atoms with van der Waals surface area (Å²) in [5.74, 6) is 0. The van der Waals surface area contributed by atoms with E-state index in [1.54, 1.807) is 31.2 Å². The average molecular weight is 296 g/mol. The maximum atomic E-state index is 12.2. The van der Waals surface area contributed by atoms with E-state index < -0.39 is 7.75 Å². The fraction of sp³-hybridized carbons (Fsp3) is 0.200. The number of hydrogen-bond donors (Lipinski definition) is 1. The molecule has 17 heavy (non-hydrogen) atoms. The summed E-state index contributed by atoms with van der Waals surface area (Å²) in [5, 5.41) is 2.66. The fourth-order valence-electron chi connectivity index (χ4n) is 1.04. The predicted octanol–water partition coefficient (Wildman–Crippen LogP) is 4.54. The van der Waals surface area contributed by atoms with Gasteiger partial charge in [-0.3, -0.25) is 9.61 Å². The van der Waals surface area contributed by atoms with E-state index in [2.05, 4.69) is 5.09 Å². The van der Waals surface area contributed by atoms with Gasteiger partial charge < -0.3 is 4.52 Å². The number of hydrogen-bond acceptors (Lipinski definition) is 3. The molecule has 1 atom stereocenters. The third-order valence-electron chi connectivity index (χ3n) is 1.62. The smallest absolute Gasteiger partial charge is 0.414 e. The van der Waals surface area contributed by atoms with Crippen LogP contribution in [0.3, 0.4) is 0 Å². The molecule has 7 heteroatoms. The second-order valence-corrected chi connectivity index (χ2v) is 5.60. The molecular formula is C10H12Cl2NO3P. The molecule has 0 amide bonds. The first-order chi connectivity index (χ1) is 8.06. The van der Waals surface area contributed by atoms with Gasteiger partial charge in [-0.15, -0.1) is 0 Å². The van der Waals surface area contributed by atoms with Crippen molar-refractivity contribution in [2.75, 3.05) is 11.7 Å². The van der Waals surface area contributed by atoms with Gasteiger partial charge in [0.05, 0.1) is 6.61 Å². The largest absolute Gasteiger partial charge is 0.485 e. The highest BCUT2D eigenvalue weighted by Gasteiger charge is 2.24. The molecular weight excluding hydrogens is 284 g/mol. The van der Waals surface area contributed by atoms with E-state index in [4.69, 9.17) is 32.2 Å². The van der Waals surface area contributed by atoms with Gasteiger partial charge in [-0.05, 0) is 19.1 Å². The molecule has 1 N–H and O–H groups in total. The lowest BCUT2D eigenvalue weighted by atomic mass is 10.3. The maximum Gasteiger partial charge on any atom is 0.485 e. The van der Waals surface area contributed by atoms with Crippen LogP contribution in [-0.4, -0.2) is 6.61 Å². The molecule has 0 heterocycles. The zero-order chi connectivity index (χ0) is 12.7. The zero-order valence-corrected chi connectivity index (χ0v) is 11.5. The molecule has 1 unspecified atom stereocenters. The van der Waals surface area contributed by atoms with Crippen LogP contribution in [0.15, 0.2) is 41.1 Å². The Morgan fingerprint density at radius 1 is 1.41 bits per heavy atom. The molecule has 1 rings (SSSR count). The van der Waals surface area contributed by atoms with Crippen molar-refractivity contribution in [3.63, 3.8) is 0 Å². The lowest BCUT2D eigenvalue weighted by molar-refractivity contribution is 0.267. The first kappa shape index (κ1) is 14.4. The zero-order valence-electron chi connectivity index (χ0n) is 9.10. The molecule has 0 radical (unpaired) electrons. The lowest BCUT2D eigenvalue weighted by Crippen LogP contribution is -2.02. The molecule has 0 saturated heterocycles. The van der Waals surface area contributed by atoms with Gasteiger partial charge in [0, 0.05) is 5.69 Å². The van der Waals surface area contributed by atoms with E-state index >= 15 is 0 Å². The Balaban J connectivity index is 2.78. The topological polar surface area (TPSA) is 47.6 Å². The van der Waals surface area contributed by atoms with E-state index in [1.165, 1.54) is 0 Å². The van der Waals surface area contributed by atoms with Crippen molar-refractivity contribution in [3.05, 3.63) is 41.1 Å². The summed E-state index contributed by atoms with van der Waals surface area (Å²) in [6, 6.07) is 8.90. The van der Waals surface area contributed by atoms with Crippen LogP contribution in [0.2, 0.25) is 0 Å². The molecule has 0 aliphatic heterocycles. The quantitative estimate of drug-likeness (QED) is 0.618. The number of halogens is 2. The van der Waals surface area contributed by atoms with Crippen LogP contribution in [0.4, 0.5) is 5.69 Å². The van der Waals surface area contributed by atoms with Gasteiger partial charge in [0.2, 0.25) is 0 Å². The average Bonchev–Trinajstić information content (AvgIpc) is 2.28. The molecule has 0 bridgehead atoms. The first-order valence-electron chi connectivity index (χ1n) is 4.83. The van der Waals surface area contributed by atoms with E-state index in [0.717, 1.165) is 6.26 Å². The highest BCUT2D eigenvalue weighted by molar-refractivity contribution is 7.55. The summed E-state index contributed by atoms with van der Waals surface area (Å²) >= 11 is 10.8. The summed E-state index contributed by atoms with van der Waals surface area (Å²) in [4.78, 5) is 0. The number of anilines is 1. The van der Waals surface area contributed by atoms with E-state index in [1.807, 2.05) is 6.07 Å². The second-order valence-electron chi connectivity index (χ2n) is 2.91. The minimum atomic E-state index is -3.49. The molecule has 1 aromatic rings. The summed E-state index contributed by atoms with van der Waals surface area (Å²) in [6.07, 6.45) is 0.968. The highest BCUT2D eigenvalue weighted by atomic mass is 35.5. The Morgan fingerprint density at radius 2 is 2.06 bits per heavy atom. The van der Waals surface area contributed by atoms with Crippen molar-refractivity contribution in [1.29, 1.82) is 0 Å². The SMILES string of the molecule is CCOP(=O)(Nc1ccccc1)OC=C(Cl)Cl. The van der Waals surface area contributed by atoms with Gasteiger partial charge in [-0.1, -0.05) is 41.4 Å². The molecule has 0 aliphatic rings. The Labute approximate surface area is 110 Å². The highest BCUT2D eigenvalue weighted by Crippen LogP contribution is 2.48. The second kappa shape index (κ2) is 6.92. The summed E-state index contributed by atoms with van der Waals surface area (Å²) in [7, 11) is -3.49. The van der Waals surface area contributed by atoms with Gasteiger partial charge in [0.15, 0.2) is 0 Å². The maximum absolute atomic E-state index is 12.2. The molecule has 94 valence electrons. The van der Waals surface area contributed by atoms with Crippen LogP contribution < -0.4 is 5.09 Å². The molecule has 0 spiro atoms. The molecule has 0 aliphatic carbocycles. The normalized spacial score (nSPS) is 13.6. The van der Waals surface area contributed by atoms with Crippen LogP contribution in [-0.2, 0) is 13.6 Å². The van der Waals surface area contributed by atoms with Gasteiger partial charge in [-0.2, -0.15) is 0 Å². The van der Waals surface area contributed by atoms with Crippen molar-refractivity contribution in [2.24, 2.45) is 0 Å². The van der Waals surface area contributed by atoms with Gasteiger partial charge in [-0.25, -0.2) is 4.57 Å². The summed E-state index contributed by atoms with van der Waals surface area (Å²) in [6.45, 7) is 1.93. The van der Waals surface area contributed by atoms with Crippen molar-refractivity contribution in [3.8, 4) is 0 Å². The molecule has 0 saturated carbocycles. The monoisotopic (exact) mass is 295 g/mol. The Hall–Kier alpha value is -0.670. The summed E-state index contributed by atoms with van der Waals surface area (Å²) in [5.41, 5.74) is 0.614. The van der Waals surface area contributed by atoms with Crippen LogP contribution in [0.5, 0.6) is 0 Å². The van der Waals surface area contributed by atoms with Crippen LogP contribution in [0.25, 0.3) is 0 Å². The first-order valence-corrected chi connectivity index (χ1v) is 7.13. The van der Waals surface area contributed by atoms with Gasteiger partial charge in [0.25, 0.3) is 0 Å². The third kappa shape index (κ3) is 5.46. The number of nitrogens with one attached hydrogen (secondary N) is 1. The van der Waals surface area contributed by atoms with E-state index in [0.29, 0.717) is 5.69 Å². The van der Waals surface area contributed by atoms with Gasteiger partial charge >= 0.3 is 7.75 Å².